The highest BCUT2D eigenvalue weighted by Crippen LogP contribution is 2.31. The molecule has 0 spiro atoms. The first-order chi connectivity index (χ1) is 12.7. The van der Waals surface area contributed by atoms with Crippen LogP contribution in [0.15, 0.2) is 53.9 Å². The number of hydrogen-bond donors (Lipinski definition) is 1. The van der Waals surface area contributed by atoms with Crippen LogP contribution in [0.4, 0.5) is 0 Å². The monoisotopic (exact) mass is 363 g/mol. The summed E-state index contributed by atoms with van der Waals surface area (Å²) in [4.78, 5) is 18.3. The third-order valence-electron chi connectivity index (χ3n) is 4.05. The molecule has 1 N–H and O–H groups in total. The first-order valence-corrected chi connectivity index (χ1v) is 9.35. The summed E-state index contributed by atoms with van der Waals surface area (Å²) in [6, 6.07) is 11.5. The molecule has 4 heterocycles. The van der Waals surface area contributed by atoms with Gasteiger partial charge in [-0.15, -0.1) is 0 Å². The van der Waals surface area contributed by atoms with Crippen LogP contribution in [0, 0.1) is 6.92 Å². The van der Waals surface area contributed by atoms with E-state index in [1.807, 2.05) is 60.2 Å². The lowest BCUT2D eigenvalue weighted by molar-refractivity contribution is 0.281. The zero-order valence-electron chi connectivity index (χ0n) is 14.4. The second-order valence-electron chi connectivity index (χ2n) is 5.83. The third kappa shape index (κ3) is 2.95. The van der Waals surface area contributed by atoms with Gasteiger partial charge in [-0.05, 0) is 43.0 Å². The molecular weight excluding hydrogens is 346 g/mol. The number of nitrogens with zero attached hydrogens (tertiary/aromatic N) is 5. The first kappa shape index (κ1) is 16.7. The molecule has 26 heavy (non-hydrogen) atoms. The van der Waals surface area contributed by atoms with E-state index >= 15 is 0 Å². The van der Waals surface area contributed by atoms with Crippen LogP contribution in [0.1, 0.15) is 11.3 Å². The van der Waals surface area contributed by atoms with Crippen molar-refractivity contribution >= 4 is 17.4 Å². The summed E-state index contributed by atoms with van der Waals surface area (Å²) in [6.07, 6.45) is 5.58. The minimum atomic E-state index is -0.0363. The van der Waals surface area contributed by atoms with Gasteiger partial charge in [0.05, 0.1) is 18.0 Å². The molecule has 0 aliphatic carbocycles. The molecule has 4 aromatic rings. The molecule has 0 fully saturated rings. The second kappa shape index (κ2) is 6.86. The Balaban J connectivity index is 2.04. The SMILES string of the molecule is CSc1nccc(-c2c(-c3cccc(C)n3)nc3ccc(CO)cn23)n1. The van der Waals surface area contributed by atoms with Crippen molar-refractivity contribution in [2.45, 2.75) is 18.7 Å². The maximum atomic E-state index is 9.53. The number of aromatic nitrogens is 5. The van der Waals surface area contributed by atoms with Crippen LogP contribution < -0.4 is 0 Å². The lowest BCUT2D eigenvalue weighted by atomic mass is 10.1. The van der Waals surface area contributed by atoms with Gasteiger partial charge in [0.2, 0.25) is 0 Å². The number of hydrogen-bond acceptors (Lipinski definition) is 6. The zero-order chi connectivity index (χ0) is 18.1. The predicted molar refractivity (Wildman–Crippen MR) is 102 cm³/mol. The molecular formula is C19H17N5OS. The molecule has 0 radical (unpaired) electrons. The van der Waals surface area contributed by atoms with Crippen LogP contribution in [0.2, 0.25) is 0 Å². The maximum absolute atomic E-state index is 9.53. The predicted octanol–water partition coefficient (Wildman–Crippen LogP) is 3.38. The molecule has 0 unspecified atom stereocenters. The van der Waals surface area contributed by atoms with Crippen LogP contribution in [-0.2, 0) is 6.61 Å². The average molecular weight is 363 g/mol. The van der Waals surface area contributed by atoms with E-state index in [2.05, 4.69) is 15.0 Å². The van der Waals surface area contributed by atoms with Gasteiger partial charge < -0.3 is 5.11 Å². The normalized spacial score (nSPS) is 11.2. The van der Waals surface area contributed by atoms with Crippen LogP contribution in [0.5, 0.6) is 0 Å². The molecule has 0 bridgehead atoms. The van der Waals surface area contributed by atoms with E-state index in [0.29, 0.717) is 5.16 Å². The van der Waals surface area contributed by atoms with Crippen molar-refractivity contribution in [1.82, 2.24) is 24.3 Å². The molecule has 0 aromatic carbocycles. The van der Waals surface area contributed by atoms with E-state index in [0.717, 1.165) is 39.7 Å². The van der Waals surface area contributed by atoms with Crippen molar-refractivity contribution in [2.75, 3.05) is 6.26 Å². The number of fused-ring (bicyclic) bond motifs is 1. The molecule has 6 nitrogen and oxygen atoms in total. The molecule has 7 heteroatoms. The van der Waals surface area contributed by atoms with Gasteiger partial charge in [0.25, 0.3) is 0 Å². The highest BCUT2D eigenvalue weighted by Gasteiger charge is 2.19. The van der Waals surface area contributed by atoms with E-state index in [-0.39, 0.29) is 6.61 Å². The van der Waals surface area contributed by atoms with Crippen LogP contribution >= 0.6 is 11.8 Å². The first-order valence-electron chi connectivity index (χ1n) is 8.13. The Morgan fingerprint density at radius 3 is 2.69 bits per heavy atom. The van der Waals surface area contributed by atoms with Crippen molar-refractivity contribution in [1.29, 1.82) is 0 Å². The quantitative estimate of drug-likeness (QED) is 0.442. The van der Waals surface area contributed by atoms with Gasteiger partial charge in [0.1, 0.15) is 17.0 Å². The van der Waals surface area contributed by atoms with Crippen LogP contribution in [-0.4, -0.2) is 35.7 Å². The van der Waals surface area contributed by atoms with Gasteiger partial charge in [-0.2, -0.15) is 0 Å². The maximum Gasteiger partial charge on any atom is 0.187 e. The van der Waals surface area contributed by atoms with E-state index in [9.17, 15) is 5.11 Å². The smallest absolute Gasteiger partial charge is 0.187 e. The standard InChI is InChI=1S/C19H17N5OS/c1-12-4-3-5-14(21-12)17-18(15-8-9-20-19(22-15)26-2)24-10-13(11-25)6-7-16(24)23-17/h3-10,25H,11H2,1-2H3. The summed E-state index contributed by atoms with van der Waals surface area (Å²) in [5.41, 5.74) is 5.66. The van der Waals surface area contributed by atoms with Crippen molar-refractivity contribution in [3.63, 3.8) is 0 Å². The summed E-state index contributed by atoms with van der Waals surface area (Å²) in [6.45, 7) is 1.92. The molecule has 130 valence electrons. The highest BCUT2D eigenvalue weighted by atomic mass is 32.2. The fourth-order valence-corrected chi connectivity index (χ4v) is 3.21. The Labute approximate surface area is 155 Å². The molecule has 0 aliphatic heterocycles. The largest absolute Gasteiger partial charge is 0.392 e. The van der Waals surface area contributed by atoms with E-state index in [4.69, 9.17) is 4.98 Å². The summed E-state index contributed by atoms with van der Waals surface area (Å²) < 4.78 is 1.96. The van der Waals surface area contributed by atoms with Crippen LogP contribution in [0.3, 0.4) is 0 Å². The number of aliphatic hydroxyl groups excluding tert-OH is 1. The number of imidazole rings is 1. The number of aliphatic hydroxyl groups is 1. The van der Waals surface area contributed by atoms with Gasteiger partial charge in [-0.25, -0.2) is 15.0 Å². The Kier molecular flexibility index (Phi) is 4.40. The molecule has 4 aromatic heterocycles. The van der Waals surface area contributed by atoms with Crippen molar-refractivity contribution in [3.05, 3.63) is 60.0 Å². The Bertz CT molecular complexity index is 1090. The third-order valence-corrected chi connectivity index (χ3v) is 4.61. The fourth-order valence-electron chi connectivity index (χ4n) is 2.85. The molecule has 0 aliphatic rings. The van der Waals surface area contributed by atoms with Gasteiger partial charge in [-0.3, -0.25) is 9.38 Å². The number of pyridine rings is 2. The fraction of sp³-hybridized carbons (Fsp3) is 0.158. The van der Waals surface area contributed by atoms with Gasteiger partial charge in [0.15, 0.2) is 5.16 Å². The number of thioether (sulfide) groups is 1. The lowest BCUT2D eigenvalue weighted by Gasteiger charge is -2.07. The zero-order valence-corrected chi connectivity index (χ0v) is 15.2. The highest BCUT2D eigenvalue weighted by molar-refractivity contribution is 7.98. The molecule has 0 saturated heterocycles. The van der Waals surface area contributed by atoms with Gasteiger partial charge in [-0.1, -0.05) is 23.9 Å². The molecule has 0 amide bonds. The minimum Gasteiger partial charge on any atom is -0.392 e. The number of aryl methyl sites for hydroxylation is 1. The summed E-state index contributed by atoms with van der Waals surface area (Å²) in [5, 5.41) is 10.2. The molecule has 4 rings (SSSR count). The van der Waals surface area contributed by atoms with Gasteiger partial charge >= 0.3 is 0 Å². The van der Waals surface area contributed by atoms with E-state index in [1.54, 1.807) is 6.20 Å². The van der Waals surface area contributed by atoms with Crippen molar-refractivity contribution in [2.24, 2.45) is 0 Å². The van der Waals surface area contributed by atoms with E-state index < -0.39 is 0 Å². The summed E-state index contributed by atoms with van der Waals surface area (Å²) in [5.74, 6) is 0. The average Bonchev–Trinajstić information content (AvgIpc) is 3.06. The van der Waals surface area contributed by atoms with Crippen molar-refractivity contribution < 1.29 is 5.11 Å². The minimum absolute atomic E-state index is 0.0363. The molecule has 0 saturated carbocycles. The Morgan fingerprint density at radius 1 is 1.04 bits per heavy atom. The topological polar surface area (TPSA) is 76.2 Å². The Morgan fingerprint density at radius 2 is 1.92 bits per heavy atom. The number of rotatable bonds is 4. The van der Waals surface area contributed by atoms with Gasteiger partial charge in [0, 0.05) is 18.1 Å². The Hall–Kier alpha value is -2.77. The lowest BCUT2D eigenvalue weighted by Crippen LogP contribution is -1.97. The summed E-state index contributed by atoms with van der Waals surface area (Å²) >= 11 is 1.49. The summed E-state index contributed by atoms with van der Waals surface area (Å²) in [7, 11) is 0. The van der Waals surface area contributed by atoms with Crippen molar-refractivity contribution in [3.8, 4) is 22.8 Å². The van der Waals surface area contributed by atoms with E-state index in [1.165, 1.54) is 11.8 Å². The van der Waals surface area contributed by atoms with Crippen LogP contribution in [0.25, 0.3) is 28.4 Å². The second-order valence-corrected chi connectivity index (χ2v) is 6.60. The molecule has 0 atom stereocenters.